The van der Waals surface area contributed by atoms with Crippen molar-refractivity contribution < 1.29 is 51.5 Å². The van der Waals surface area contributed by atoms with Crippen molar-refractivity contribution in [1.29, 1.82) is 0 Å². The topological polar surface area (TPSA) is 156 Å². The van der Waals surface area contributed by atoms with Crippen molar-refractivity contribution in [3.8, 4) is 0 Å². The number of likely N-dealkylation sites (tertiary alicyclic amines) is 1. The maximum Gasteiger partial charge on any atom is 0.491 e. The van der Waals surface area contributed by atoms with Crippen molar-refractivity contribution in [1.82, 2.24) is 25.6 Å². The quantitative estimate of drug-likeness (QED) is 0.0491. The number of carbonyl (C=O) groups excluding carboxylic acids is 5. The van der Waals surface area contributed by atoms with Crippen LogP contribution in [-0.2, 0) is 28.7 Å². The number of esters is 2. The van der Waals surface area contributed by atoms with Gasteiger partial charge in [0.25, 0.3) is 5.91 Å². The molecule has 17 heteroatoms. The number of hydrogen-bond acceptors (Lipinski definition) is 11. The fourth-order valence-electron chi connectivity index (χ4n) is 6.18. The van der Waals surface area contributed by atoms with Gasteiger partial charge in [0.05, 0.1) is 18.7 Å². The fraction of sp³-hybridized carbons (Fsp3) is 0.789. The third-order valence-corrected chi connectivity index (χ3v) is 10.7. The van der Waals surface area contributed by atoms with Crippen LogP contribution in [0.4, 0.5) is 18.0 Å². The lowest BCUT2D eigenvalue weighted by Gasteiger charge is -2.39. The van der Waals surface area contributed by atoms with E-state index in [2.05, 4.69) is 34.2 Å². The van der Waals surface area contributed by atoms with E-state index in [4.69, 9.17) is 9.57 Å². The Morgan fingerprint density at radius 2 is 1.67 bits per heavy atom. The van der Waals surface area contributed by atoms with Gasteiger partial charge in [-0.05, 0) is 51.1 Å². The third-order valence-electron chi connectivity index (χ3n) is 9.79. The van der Waals surface area contributed by atoms with Crippen molar-refractivity contribution in [3.63, 3.8) is 0 Å². The van der Waals surface area contributed by atoms with Crippen molar-refractivity contribution >= 4 is 41.2 Å². The zero-order valence-electron chi connectivity index (χ0n) is 33.5. The number of unbranched alkanes of at least 4 members (excludes halogenated alkanes) is 6. The average Bonchev–Trinajstić information content (AvgIpc) is 3.64. The number of hydroxylamine groups is 2. The molecule has 0 aromatic carbocycles. The lowest BCUT2D eigenvalue weighted by molar-refractivity contribution is -0.212. The van der Waals surface area contributed by atoms with E-state index >= 15 is 0 Å². The average molecular weight is 806 g/mol. The van der Waals surface area contributed by atoms with Crippen LogP contribution in [0.2, 0.25) is 0 Å². The van der Waals surface area contributed by atoms with Gasteiger partial charge in [-0.25, -0.2) is 24.4 Å². The largest absolute Gasteiger partial charge is 0.491 e. The van der Waals surface area contributed by atoms with E-state index in [0.29, 0.717) is 32.2 Å². The summed E-state index contributed by atoms with van der Waals surface area (Å²) in [6.07, 6.45) is 2.71. The van der Waals surface area contributed by atoms with Crippen molar-refractivity contribution in [2.45, 2.75) is 155 Å². The van der Waals surface area contributed by atoms with Crippen molar-refractivity contribution in [2.24, 2.45) is 11.8 Å². The maximum atomic E-state index is 14.7. The van der Waals surface area contributed by atoms with Gasteiger partial charge in [-0.2, -0.15) is 13.2 Å². The third kappa shape index (κ3) is 16.0. The normalized spacial score (nSPS) is 17.2. The molecule has 55 heavy (non-hydrogen) atoms. The summed E-state index contributed by atoms with van der Waals surface area (Å²) < 4.78 is 48.3. The van der Waals surface area contributed by atoms with E-state index < -0.39 is 54.0 Å². The van der Waals surface area contributed by atoms with Gasteiger partial charge in [0.2, 0.25) is 5.91 Å². The van der Waals surface area contributed by atoms with E-state index in [1.54, 1.807) is 0 Å². The molecule has 1 fully saturated rings. The minimum absolute atomic E-state index is 0.0284. The Balaban J connectivity index is 2.51. The Labute approximate surface area is 327 Å². The number of aromatic nitrogens is 1. The Hall–Kier alpha value is -3.31. The SMILES string of the molecule is CCCCCCNC(=O)O[C@H](C[C@H](C(C)C)N(OCCCCCC)C(=O)[C@@H](NC(=O)[C@H]1CCCCN1C)[C@@H](C)CC)c1nc(C(=O)OC(=O)C(F)(F)F)cs1. The number of halogens is 3. The summed E-state index contributed by atoms with van der Waals surface area (Å²) in [5, 5.41) is 8.16. The number of amides is 3. The van der Waals surface area contributed by atoms with Gasteiger partial charge in [0.15, 0.2) is 11.8 Å². The summed E-state index contributed by atoms with van der Waals surface area (Å²) >= 11 is 0.822. The predicted octanol–water partition coefficient (Wildman–Crippen LogP) is 7.51. The Morgan fingerprint density at radius 3 is 2.27 bits per heavy atom. The van der Waals surface area contributed by atoms with Gasteiger partial charge in [-0.15, -0.1) is 11.3 Å². The molecule has 0 saturated carbocycles. The van der Waals surface area contributed by atoms with Gasteiger partial charge in [-0.3, -0.25) is 19.3 Å². The number of ether oxygens (including phenoxy) is 2. The molecule has 3 amide bonds. The lowest BCUT2D eigenvalue weighted by Crippen LogP contribution is -2.58. The number of nitrogens with zero attached hydrogens (tertiary/aromatic N) is 3. The molecule has 1 aliphatic heterocycles. The molecule has 0 unspecified atom stereocenters. The van der Waals surface area contributed by atoms with Crippen LogP contribution in [0, 0.1) is 11.8 Å². The number of rotatable bonds is 23. The highest BCUT2D eigenvalue weighted by molar-refractivity contribution is 7.09. The molecule has 0 bridgehead atoms. The van der Waals surface area contributed by atoms with Crippen LogP contribution >= 0.6 is 11.3 Å². The highest BCUT2D eigenvalue weighted by Gasteiger charge is 2.43. The molecule has 5 atom stereocenters. The Kier molecular flexibility index (Phi) is 21.2. The second-order valence-corrected chi connectivity index (χ2v) is 15.5. The van der Waals surface area contributed by atoms with E-state index in [1.165, 1.54) is 5.06 Å². The molecule has 13 nitrogen and oxygen atoms in total. The number of piperidine rings is 1. The maximum absolute atomic E-state index is 14.7. The number of hydrogen-bond donors (Lipinski definition) is 2. The van der Waals surface area contributed by atoms with E-state index in [0.717, 1.165) is 74.6 Å². The monoisotopic (exact) mass is 805 g/mol. The summed E-state index contributed by atoms with van der Waals surface area (Å²) in [5.74, 6) is -5.61. The number of alkyl halides is 3. The van der Waals surface area contributed by atoms with Gasteiger partial charge in [0, 0.05) is 18.3 Å². The molecule has 0 spiro atoms. The molecule has 2 rings (SSSR count). The number of alkyl carbamates (subject to hydrolysis) is 1. The standard InChI is InChI=1S/C38H62F3N5O8S/c1-8-11-13-16-20-42-37(51)53-30(33-43-27(24-55-33)35(49)54-36(50)38(39,40)41)23-29(25(4)5)46(52-22-18-14-12-9-2)34(48)31(26(6)10-3)44-32(47)28-19-15-17-21-45(28)7/h24-26,28-31H,8-23H2,1-7H3,(H,42,51)(H,44,47)/t26-,28+,29+,30+,31-/m0/s1. The Bertz CT molecular complexity index is 1360. The molecule has 2 heterocycles. The van der Waals surface area contributed by atoms with E-state index in [9.17, 15) is 37.1 Å². The van der Waals surface area contributed by atoms with Crippen LogP contribution in [0.25, 0.3) is 0 Å². The fourth-order valence-corrected chi connectivity index (χ4v) is 7.01. The number of nitrogens with one attached hydrogen (secondary N) is 2. The molecule has 2 N–H and O–H groups in total. The molecular formula is C38H62F3N5O8S. The first-order valence-corrected chi connectivity index (χ1v) is 20.6. The summed E-state index contributed by atoms with van der Waals surface area (Å²) in [4.78, 5) is 77.7. The van der Waals surface area contributed by atoms with Gasteiger partial charge in [0.1, 0.15) is 11.0 Å². The second-order valence-electron chi connectivity index (χ2n) is 14.6. The molecule has 0 aliphatic carbocycles. The molecule has 1 aromatic heterocycles. The van der Waals surface area contributed by atoms with Crippen molar-refractivity contribution in [3.05, 3.63) is 16.1 Å². The summed E-state index contributed by atoms with van der Waals surface area (Å²) in [6, 6.07) is -2.09. The number of carbonyl (C=O) groups is 5. The highest BCUT2D eigenvalue weighted by Crippen LogP contribution is 2.32. The minimum Gasteiger partial charge on any atom is -0.439 e. The molecular weight excluding hydrogens is 744 g/mol. The lowest BCUT2D eigenvalue weighted by atomic mass is 9.93. The first kappa shape index (κ1) is 47.8. The molecule has 1 aliphatic rings. The van der Waals surface area contributed by atoms with Crippen LogP contribution in [0.5, 0.6) is 0 Å². The molecule has 1 aromatic rings. The summed E-state index contributed by atoms with van der Waals surface area (Å²) in [7, 11) is 1.89. The minimum atomic E-state index is -5.40. The highest BCUT2D eigenvalue weighted by atomic mass is 32.1. The zero-order chi connectivity index (χ0) is 41.1. The summed E-state index contributed by atoms with van der Waals surface area (Å²) in [6.45, 7) is 13.0. The number of likely N-dealkylation sites (N-methyl/N-ethyl adjacent to an activating group) is 1. The van der Waals surface area contributed by atoms with Gasteiger partial charge >= 0.3 is 24.2 Å². The van der Waals surface area contributed by atoms with Crippen LogP contribution < -0.4 is 10.6 Å². The van der Waals surface area contributed by atoms with Crippen LogP contribution in [0.1, 0.15) is 147 Å². The van der Waals surface area contributed by atoms with E-state index in [-0.39, 0.29) is 41.8 Å². The molecule has 1 saturated heterocycles. The zero-order valence-corrected chi connectivity index (χ0v) is 34.3. The predicted molar refractivity (Wildman–Crippen MR) is 202 cm³/mol. The van der Waals surface area contributed by atoms with Crippen molar-refractivity contribution in [2.75, 3.05) is 26.7 Å². The van der Waals surface area contributed by atoms with Gasteiger partial charge in [-0.1, -0.05) is 92.9 Å². The van der Waals surface area contributed by atoms with E-state index in [1.807, 2.05) is 39.6 Å². The van der Waals surface area contributed by atoms with Gasteiger partial charge < -0.3 is 20.1 Å². The van der Waals surface area contributed by atoms with Crippen LogP contribution in [0.15, 0.2) is 5.38 Å². The summed E-state index contributed by atoms with van der Waals surface area (Å²) in [5.41, 5.74) is -0.584. The van der Waals surface area contributed by atoms with Crippen LogP contribution in [0.3, 0.4) is 0 Å². The first-order valence-electron chi connectivity index (χ1n) is 19.7. The smallest absolute Gasteiger partial charge is 0.439 e. The number of thiazole rings is 1. The molecule has 314 valence electrons. The first-order chi connectivity index (χ1) is 26.0. The van der Waals surface area contributed by atoms with Crippen LogP contribution in [-0.4, -0.2) is 95.8 Å². The second kappa shape index (κ2) is 24.4. The Morgan fingerprint density at radius 1 is 1.00 bits per heavy atom. The molecule has 0 radical (unpaired) electrons.